The molecule has 3 nitrogen and oxygen atoms in total. The van der Waals surface area contributed by atoms with E-state index in [-0.39, 0.29) is 18.1 Å². The molecule has 1 aliphatic heterocycles. The van der Waals surface area contributed by atoms with E-state index in [1.165, 1.54) is 0 Å². The van der Waals surface area contributed by atoms with E-state index in [2.05, 4.69) is 0 Å². The minimum atomic E-state index is -0.152. The lowest BCUT2D eigenvalue weighted by molar-refractivity contribution is -0.144. The zero-order valence-electron chi connectivity index (χ0n) is 10.0. The summed E-state index contributed by atoms with van der Waals surface area (Å²) in [6.45, 7) is 2.58. The van der Waals surface area contributed by atoms with Gasteiger partial charge >= 0.3 is 5.97 Å². The van der Waals surface area contributed by atoms with Crippen molar-refractivity contribution >= 4 is 17.6 Å². The Labute approximate surface area is 106 Å². The first kappa shape index (κ1) is 12.4. The van der Waals surface area contributed by atoms with E-state index >= 15 is 0 Å². The van der Waals surface area contributed by atoms with Gasteiger partial charge in [0.15, 0.2) is 0 Å². The highest BCUT2D eigenvalue weighted by Crippen LogP contribution is 2.22. The number of benzene rings is 1. The van der Waals surface area contributed by atoms with Crippen LogP contribution in [0.2, 0.25) is 5.02 Å². The molecular formula is C13H16ClNO2. The first-order chi connectivity index (χ1) is 8.08. The first-order valence-electron chi connectivity index (χ1n) is 5.72. The molecule has 1 saturated heterocycles. The van der Waals surface area contributed by atoms with Crippen molar-refractivity contribution < 1.29 is 9.53 Å². The molecule has 0 aliphatic carbocycles. The van der Waals surface area contributed by atoms with E-state index in [1.54, 1.807) is 0 Å². The molecule has 0 N–H and O–H groups in total. The van der Waals surface area contributed by atoms with Crippen LogP contribution in [0.15, 0.2) is 24.3 Å². The number of esters is 1. The number of likely N-dealkylation sites (N-methyl/N-ethyl adjacent to an activating group) is 1. The molecule has 1 aromatic rings. The maximum Gasteiger partial charge on any atom is 0.323 e. The third-order valence-electron chi connectivity index (χ3n) is 3.05. The molecule has 2 rings (SSSR count). The molecule has 0 radical (unpaired) electrons. The largest absolute Gasteiger partial charge is 0.461 e. The van der Waals surface area contributed by atoms with Gasteiger partial charge in [-0.05, 0) is 25.6 Å². The number of carbonyl (C=O) groups excluding carboxylic acids is 1. The predicted molar refractivity (Wildman–Crippen MR) is 66.9 cm³/mol. The average molecular weight is 254 g/mol. The van der Waals surface area contributed by atoms with Gasteiger partial charge < -0.3 is 4.74 Å². The molecule has 0 amide bonds. The van der Waals surface area contributed by atoms with Crippen molar-refractivity contribution in [3.05, 3.63) is 34.9 Å². The summed E-state index contributed by atoms with van der Waals surface area (Å²) in [7, 11) is 1.92. The number of carbonyl (C=O) groups is 1. The number of rotatable bonds is 3. The topological polar surface area (TPSA) is 29.5 Å². The van der Waals surface area contributed by atoms with Gasteiger partial charge in [-0.1, -0.05) is 29.8 Å². The van der Waals surface area contributed by atoms with Gasteiger partial charge in [0.25, 0.3) is 0 Å². The number of ether oxygens (including phenoxy) is 1. The summed E-state index contributed by atoms with van der Waals surface area (Å²) in [5.74, 6) is -0.132. The van der Waals surface area contributed by atoms with Crippen LogP contribution >= 0.6 is 11.6 Å². The van der Waals surface area contributed by atoms with Gasteiger partial charge in [0.1, 0.15) is 12.1 Å². The van der Waals surface area contributed by atoms with E-state index in [1.807, 2.05) is 43.1 Å². The number of hydrogen-bond acceptors (Lipinski definition) is 3. The second-order valence-electron chi connectivity index (χ2n) is 4.51. The fraction of sp³-hybridized carbons (Fsp3) is 0.462. The van der Waals surface area contributed by atoms with Crippen molar-refractivity contribution in [2.45, 2.75) is 32.0 Å². The fourth-order valence-corrected chi connectivity index (χ4v) is 2.30. The summed E-state index contributed by atoms with van der Waals surface area (Å²) < 4.78 is 5.15. The van der Waals surface area contributed by atoms with Gasteiger partial charge in [0.05, 0.1) is 0 Å². The van der Waals surface area contributed by atoms with Crippen molar-refractivity contribution in [3.63, 3.8) is 0 Å². The zero-order valence-corrected chi connectivity index (χ0v) is 10.8. The molecule has 0 saturated carbocycles. The Hall–Kier alpha value is -1.06. The van der Waals surface area contributed by atoms with E-state index in [0.29, 0.717) is 6.54 Å². The van der Waals surface area contributed by atoms with E-state index < -0.39 is 0 Å². The summed E-state index contributed by atoms with van der Waals surface area (Å²) in [6, 6.07) is 7.53. The molecule has 1 aliphatic rings. The van der Waals surface area contributed by atoms with Crippen LogP contribution in [0.1, 0.15) is 18.9 Å². The summed E-state index contributed by atoms with van der Waals surface area (Å²) in [5, 5.41) is 0.735. The maximum atomic E-state index is 11.6. The Morgan fingerprint density at radius 1 is 1.47 bits per heavy atom. The quantitative estimate of drug-likeness (QED) is 0.775. The Balaban J connectivity index is 2.05. The third kappa shape index (κ3) is 2.79. The van der Waals surface area contributed by atoms with Crippen LogP contribution in [0.4, 0.5) is 0 Å². The van der Waals surface area contributed by atoms with Crippen LogP contribution < -0.4 is 0 Å². The van der Waals surface area contributed by atoms with Crippen LogP contribution in [0.5, 0.6) is 0 Å². The SMILES string of the molecule is C[C@H]1C[C@@H](N(C)Cc2ccccc2Cl)C(=O)O1. The average Bonchev–Trinajstić information content (AvgIpc) is 2.61. The van der Waals surface area contributed by atoms with Crippen molar-refractivity contribution in [2.24, 2.45) is 0 Å². The van der Waals surface area contributed by atoms with Crippen LogP contribution in [0.25, 0.3) is 0 Å². The smallest absolute Gasteiger partial charge is 0.323 e. The highest BCUT2D eigenvalue weighted by Gasteiger charge is 2.34. The molecular weight excluding hydrogens is 238 g/mol. The van der Waals surface area contributed by atoms with Gasteiger partial charge in [-0.2, -0.15) is 0 Å². The number of hydrogen-bond donors (Lipinski definition) is 0. The van der Waals surface area contributed by atoms with Crippen LogP contribution in [-0.2, 0) is 16.1 Å². The molecule has 92 valence electrons. The lowest BCUT2D eigenvalue weighted by Crippen LogP contribution is -2.34. The summed E-state index contributed by atoms with van der Waals surface area (Å²) in [4.78, 5) is 13.6. The standard InChI is InChI=1S/C13H16ClNO2/c1-9-7-12(13(16)17-9)15(2)8-10-5-3-4-6-11(10)14/h3-6,9,12H,7-8H2,1-2H3/t9-,12+/m0/s1. The monoisotopic (exact) mass is 253 g/mol. The number of halogens is 1. The Bertz CT molecular complexity index is 422. The van der Waals surface area contributed by atoms with Crippen molar-refractivity contribution in [3.8, 4) is 0 Å². The Morgan fingerprint density at radius 3 is 2.76 bits per heavy atom. The van der Waals surface area contributed by atoms with Gasteiger partial charge in [-0.3, -0.25) is 9.69 Å². The molecule has 2 atom stereocenters. The molecule has 17 heavy (non-hydrogen) atoms. The molecule has 0 bridgehead atoms. The van der Waals surface area contributed by atoms with E-state index in [0.717, 1.165) is 17.0 Å². The Kier molecular flexibility index (Phi) is 3.69. The summed E-state index contributed by atoms with van der Waals surface area (Å²) >= 11 is 6.10. The fourth-order valence-electron chi connectivity index (χ4n) is 2.10. The van der Waals surface area contributed by atoms with E-state index in [4.69, 9.17) is 16.3 Å². The molecule has 0 unspecified atom stereocenters. The predicted octanol–water partition coefficient (Wildman–Crippen LogP) is 2.48. The maximum absolute atomic E-state index is 11.6. The number of nitrogens with zero attached hydrogens (tertiary/aromatic N) is 1. The van der Waals surface area contributed by atoms with Crippen molar-refractivity contribution in [2.75, 3.05) is 7.05 Å². The van der Waals surface area contributed by atoms with Crippen molar-refractivity contribution in [1.29, 1.82) is 0 Å². The van der Waals surface area contributed by atoms with Gasteiger partial charge in [-0.15, -0.1) is 0 Å². The minimum Gasteiger partial charge on any atom is -0.461 e. The molecule has 4 heteroatoms. The first-order valence-corrected chi connectivity index (χ1v) is 6.10. The zero-order chi connectivity index (χ0) is 12.4. The van der Waals surface area contributed by atoms with Gasteiger partial charge in [-0.25, -0.2) is 0 Å². The minimum absolute atomic E-state index is 0.0150. The molecule has 0 spiro atoms. The normalized spacial score (nSPS) is 24.1. The van der Waals surface area contributed by atoms with Crippen LogP contribution in [-0.4, -0.2) is 30.1 Å². The van der Waals surface area contributed by atoms with Crippen molar-refractivity contribution in [1.82, 2.24) is 4.90 Å². The molecule has 0 aromatic heterocycles. The third-order valence-corrected chi connectivity index (χ3v) is 3.42. The highest BCUT2D eigenvalue weighted by molar-refractivity contribution is 6.31. The second-order valence-corrected chi connectivity index (χ2v) is 4.91. The second kappa shape index (κ2) is 5.07. The van der Waals surface area contributed by atoms with Crippen LogP contribution in [0.3, 0.4) is 0 Å². The lowest BCUT2D eigenvalue weighted by atomic mass is 10.1. The van der Waals surface area contributed by atoms with Gasteiger partial charge in [0, 0.05) is 18.0 Å². The lowest BCUT2D eigenvalue weighted by Gasteiger charge is -2.21. The van der Waals surface area contributed by atoms with E-state index in [9.17, 15) is 4.79 Å². The Morgan fingerprint density at radius 2 is 2.18 bits per heavy atom. The number of cyclic esters (lactones) is 1. The van der Waals surface area contributed by atoms with Gasteiger partial charge in [0.2, 0.25) is 0 Å². The highest BCUT2D eigenvalue weighted by atomic mass is 35.5. The van der Waals surface area contributed by atoms with Crippen LogP contribution in [0, 0.1) is 0 Å². The summed E-state index contributed by atoms with van der Waals surface area (Å²) in [5.41, 5.74) is 1.03. The molecule has 1 heterocycles. The molecule has 1 fully saturated rings. The molecule has 1 aromatic carbocycles. The summed E-state index contributed by atoms with van der Waals surface area (Å²) in [6.07, 6.45) is 0.765.